The monoisotopic (exact) mass is 176 g/mol. The number of pyridine rings is 1. The molecule has 2 unspecified atom stereocenters. The summed E-state index contributed by atoms with van der Waals surface area (Å²) in [5, 5.41) is 3.59. The van der Waals surface area contributed by atoms with Crippen LogP contribution in [0.5, 0.6) is 0 Å². The lowest BCUT2D eigenvalue weighted by atomic mass is 9.95. The Morgan fingerprint density at radius 3 is 3.08 bits per heavy atom. The third kappa shape index (κ3) is 2.07. The highest BCUT2D eigenvalue weighted by Gasteiger charge is 2.18. The van der Waals surface area contributed by atoms with Crippen molar-refractivity contribution in [2.45, 2.75) is 38.3 Å². The van der Waals surface area contributed by atoms with E-state index in [0.717, 1.165) is 0 Å². The molecule has 13 heavy (non-hydrogen) atoms. The summed E-state index contributed by atoms with van der Waals surface area (Å²) >= 11 is 0. The van der Waals surface area contributed by atoms with E-state index in [4.69, 9.17) is 0 Å². The van der Waals surface area contributed by atoms with Crippen molar-refractivity contribution in [2.24, 2.45) is 0 Å². The van der Waals surface area contributed by atoms with Crippen molar-refractivity contribution >= 4 is 0 Å². The molecule has 1 aromatic heterocycles. The van der Waals surface area contributed by atoms with Gasteiger partial charge in [0.1, 0.15) is 0 Å². The molecule has 2 rings (SSSR count). The maximum absolute atomic E-state index is 4.14. The number of nitrogens with zero attached hydrogens (tertiary/aromatic N) is 1. The van der Waals surface area contributed by atoms with E-state index in [0.29, 0.717) is 12.1 Å². The van der Waals surface area contributed by atoms with Crippen LogP contribution in [0.3, 0.4) is 0 Å². The van der Waals surface area contributed by atoms with Gasteiger partial charge in [-0.2, -0.15) is 0 Å². The highest BCUT2D eigenvalue weighted by molar-refractivity contribution is 5.14. The van der Waals surface area contributed by atoms with Crippen LogP contribution in [0.15, 0.2) is 24.5 Å². The molecule has 0 aromatic carbocycles. The maximum atomic E-state index is 4.14. The van der Waals surface area contributed by atoms with E-state index in [2.05, 4.69) is 23.3 Å². The average Bonchev–Trinajstić information content (AvgIpc) is 2.19. The van der Waals surface area contributed by atoms with Crippen molar-refractivity contribution in [3.05, 3.63) is 30.1 Å². The number of hydrogen-bond acceptors (Lipinski definition) is 2. The van der Waals surface area contributed by atoms with Gasteiger partial charge >= 0.3 is 0 Å². The molecule has 2 heterocycles. The van der Waals surface area contributed by atoms with Crippen LogP contribution < -0.4 is 5.32 Å². The highest BCUT2D eigenvalue weighted by atomic mass is 15.0. The number of aromatic nitrogens is 1. The maximum Gasteiger partial charge on any atom is 0.0337 e. The summed E-state index contributed by atoms with van der Waals surface area (Å²) in [4.78, 5) is 4.14. The predicted molar refractivity (Wildman–Crippen MR) is 53.4 cm³/mol. The Kier molecular flexibility index (Phi) is 2.60. The minimum absolute atomic E-state index is 0.525. The summed E-state index contributed by atoms with van der Waals surface area (Å²) in [6.07, 6.45) is 7.67. The first kappa shape index (κ1) is 8.70. The van der Waals surface area contributed by atoms with Gasteiger partial charge < -0.3 is 5.32 Å². The zero-order valence-electron chi connectivity index (χ0n) is 8.03. The second kappa shape index (κ2) is 3.88. The van der Waals surface area contributed by atoms with Gasteiger partial charge in [-0.1, -0.05) is 12.5 Å². The molecule has 0 amide bonds. The zero-order chi connectivity index (χ0) is 9.10. The molecular weight excluding hydrogens is 160 g/mol. The Balaban J connectivity index is 2.08. The molecule has 1 N–H and O–H groups in total. The standard InChI is InChI=1S/C11H16N2/c1-9-4-2-6-11(13-9)10-5-3-7-12-8-10/h3,5,7-9,11,13H,2,4,6H2,1H3. The first-order valence-electron chi connectivity index (χ1n) is 5.02. The van der Waals surface area contributed by atoms with Crippen molar-refractivity contribution in [1.29, 1.82) is 0 Å². The Hall–Kier alpha value is -0.890. The smallest absolute Gasteiger partial charge is 0.0337 e. The van der Waals surface area contributed by atoms with Crippen LogP contribution in [0.2, 0.25) is 0 Å². The second-order valence-corrected chi connectivity index (χ2v) is 3.84. The molecule has 0 saturated carbocycles. The van der Waals surface area contributed by atoms with Gasteiger partial charge in [0, 0.05) is 24.5 Å². The largest absolute Gasteiger partial charge is 0.307 e. The molecule has 0 bridgehead atoms. The summed E-state index contributed by atoms with van der Waals surface area (Å²) in [5.41, 5.74) is 1.33. The first-order valence-corrected chi connectivity index (χ1v) is 5.02. The van der Waals surface area contributed by atoms with Crippen molar-refractivity contribution in [2.75, 3.05) is 0 Å². The predicted octanol–water partition coefficient (Wildman–Crippen LogP) is 2.28. The van der Waals surface area contributed by atoms with Crippen LogP contribution in [-0.4, -0.2) is 11.0 Å². The molecule has 1 saturated heterocycles. The van der Waals surface area contributed by atoms with Crippen LogP contribution in [0.4, 0.5) is 0 Å². The van der Waals surface area contributed by atoms with Crippen molar-refractivity contribution < 1.29 is 0 Å². The van der Waals surface area contributed by atoms with E-state index >= 15 is 0 Å². The lowest BCUT2D eigenvalue weighted by Gasteiger charge is -2.28. The summed E-state index contributed by atoms with van der Waals surface area (Å²) in [5.74, 6) is 0. The molecule has 0 aliphatic carbocycles. The molecule has 1 aliphatic rings. The van der Waals surface area contributed by atoms with Gasteiger partial charge in [0.15, 0.2) is 0 Å². The summed E-state index contributed by atoms with van der Waals surface area (Å²) < 4.78 is 0. The summed E-state index contributed by atoms with van der Waals surface area (Å²) in [7, 11) is 0. The van der Waals surface area contributed by atoms with Crippen molar-refractivity contribution in [3.8, 4) is 0 Å². The fraction of sp³-hybridized carbons (Fsp3) is 0.545. The number of rotatable bonds is 1. The van der Waals surface area contributed by atoms with Crippen LogP contribution in [-0.2, 0) is 0 Å². The van der Waals surface area contributed by atoms with E-state index in [1.165, 1.54) is 24.8 Å². The number of nitrogens with one attached hydrogen (secondary N) is 1. The Bertz CT molecular complexity index is 258. The molecule has 1 fully saturated rings. The molecule has 0 spiro atoms. The highest BCUT2D eigenvalue weighted by Crippen LogP contribution is 2.24. The molecule has 1 aromatic rings. The van der Waals surface area contributed by atoms with Crippen molar-refractivity contribution in [3.63, 3.8) is 0 Å². The third-order valence-electron chi connectivity index (χ3n) is 2.70. The fourth-order valence-electron chi connectivity index (χ4n) is 1.98. The number of hydrogen-bond donors (Lipinski definition) is 1. The van der Waals surface area contributed by atoms with Gasteiger partial charge in [0.25, 0.3) is 0 Å². The second-order valence-electron chi connectivity index (χ2n) is 3.84. The minimum Gasteiger partial charge on any atom is -0.307 e. The average molecular weight is 176 g/mol. The van der Waals surface area contributed by atoms with Gasteiger partial charge in [0.05, 0.1) is 0 Å². The Morgan fingerprint density at radius 2 is 2.38 bits per heavy atom. The van der Waals surface area contributed by atoms with E-state index in [9.17, 15) is 0 Å². The van der Waals surface area contributed by atoms with Gasteiger partial charge in [-0.3, -0.25) is 4.98 Å². The van der Waals surface area contributed by atoms with Crippen LogP contribution in [0, 0.1) is 0 Å². The zero-order valence-corrected chi connectivity index (χ0v) is 8.03. The van der Waals surface area contributed by atoms with Crippen molar-refractivity contribution in [1.82, 2.24) is 10.3 Å². The van der Waals surface area contributed by atoms with E-state index < -0.39 is 0 Å². The minimum atomic E-state index is 0.525. The van der Waals surface area contributed by atoms with Crippen LogP contribution in [0.1, 0.15) is 37.8 Å². The molecule has 1 aliphatic heterocycles. The van der Waals surface area contributed by atoms with Crippen LogP contribution in [0.25, 0.3) is 0 Å². The first-order chi connectivity index (χ1) is 6.36. The lowest BCUT2D eigenvalue weighted by molar-refractivity contribution is 0.341. The molecular formula is C11H16N2. The normalized spacial score (nSPS) is 28.7. The van der Waals surface area contributed by atoms with Gasteiger partial charge in [0.2, 0.25) is 0 Å². The molecule has 2 atom stereocenters. The van der Waals surface area contributed by atoms with Crippen LogP contribution >= 0.6 is 0 Å². The molecule has 2 heteroatoms. The molecule has 0 radical (unpaired) electrons. The lowest BCUT2D eigenvalue weighted by Crippen LogP contribution is -2.34. The van der Waals surface area contributed by atoms with E-state index in [-0.39, 0.29) is 0 Å². The quantitative estimate of drug-likeness (QED) is 0.710. The molecule has 70 valence electrons. The Morgan fingerprint density at radius 1 is 1.46 bits per heavy atom. The van der Waals surface area contributed by atoms with Gasteiger partial charge in [-0.05, 0) is 31.4 Å². The van der Waals surface area contributed by atoms with E-state index in [1.54, 1.807) is 0 Å². The van der Waals surface area contributed by atoms with Gasteiger partial charge in [-0.25, -0.2) is 0 Å². The summed E-state index contributed by atoms with van der Waals surface area (Å²) in [6, 6.07) is 5.34. The fourth-order valence-corrected chi connectivity index (χ4v) is 1.98. The van der Waals surface area contributed by atoms with E-state index in [1.807, 2.05) is 18.5 Å². The SMILES string of the molecule is CC1CCCC(c2cccnc2)N1. The third-order valence-corrected chi connectivity index (χ3v) is 2.70. The topological polar surface area (TPSA) is 24.9 Å². The van der Waals surface area contributed by atoms with Gasteiger partial charge in [-0.15, -0.1) is 0 Å². The Labute approximate surface area is 79.4 Å². The summed E-state index contributed by atoms with van der Waals surface area (Å²) in [6.45, 7) is 2.25. The number of piperidine rings is 1. The molecule has 2 nitrogen and oxygen atoms in total.